The van der Waals surface area contributed by atoms with Crippen molar-refractivity contribution in [1.29, 1.82) is 0 Å². The quantitative estimate of drug-likeness (QED) is 0.755. The molecule has 1 aromatic rings. The molecule has 16 heavy (non-hydrogen) atoms. The van der Waals surface area contributed by atoms with Crippen LogP contribution in [-0.4, -0.2) is 47.1 Å². The maximum absolute atomic E-state index is 12.0. The van der Waals surface area contributed by atoms with Gasteiger partial charge in [-0.3, -0.25) is 4.79 Å². The van der Waals surface area contributed by atoms with E-state index in [-0.39, 0.29) is 12.0 Å². The molecule has 0 spiro atoms. The van der Waals surface area contributed by atoms with Crippen molar-refractivity contribution >= 4 is 11.7 Å². The minimum absolute atomic E-state index is 0.0459. The summed E-state index contributed by atoms with van der Waals surface area (Å²) < 4.78 is 0. The summed E-state index contributed by atoms with van der Waals surface area (Å²) >= 11 is 0. The second-order valence-electron chi connectivity index (χ2n) is 3.87. The predicted molar refractivity (Wildman–Crippen MR) is 60.3 cm³/mol. The molecule has 1 atom stereocenters. The van der Waals surface area contributed by atoms with Crippen LogP contribution in [0.15, 0.2) is 18.3 Å². The van der Waals surface area contributed by atoms with E-state index in [1.54, 1.807) is 30.3 Å². The minimum Gasteiger partial charge on any atom is -0.391 e. The highest BCUT2D eigenvalue weighted by atomic mass is 16.3. The number of hydrogen-bond donors (Lipinski definition) is 2. The Morgan fingerprint density at radius 1 is 1.69 bits per heavy atom. The predicted octanol–water partition coefficient (Wildman–Crippen LogP) is 0.330. The molecule has 1 aliphatic rings. The Morgan fingerprint density at radius 3 is 3.12 bits per heavy atom. The summed E-state index contributed by atoms with van der Waals surface area (Å²) in [5.74, 6) is 0.626. The SMILES string of the molecule is CNc1cc(C(=O)N2CCC(O)C2)ccn1. The van der Waals surface area contributed by atoms with Crippen molar-refractivity contribution in [1.82, 2.24) is 9.88 Å². The Labute approximate surface area is 94.1 Å². The van der Waals surface area contributed by atoms with E-state index in [9.17, 15) is 9.90 Å². The van der Waals surface area contributed by atoms with E-state index in [2.05, 4.69) is 10.3 Å². The number of nitrogens with one attached hydrogen (secondary N) is 1. The second-order valence-corrected chi connectivity index (χ2v) is 3.87. The Kier molecular flexibility index (Phi) is 3.05. The van der Waals surface area contributed by atoms with Crippen LogP contribution < -0.4 is 5.32 Å². The standard InChI is InChI=1S/C11H15N3O2/c1-12-10-6-8(2-4-13-10)11(16)14-5-3-9(15)7-14/h2,4,6,9,15H,3,5,7H2,1H3,(H,12,13). The van der Waals surface area contributed by atoms with Crippen LogP contribution in [0.1, 0.15) is 16.8 Å². The molecular weight excluding hydrogens is 206 g/mol. The van der Waals surface area contributed by atoms with Crippen molar-refractivity contribution in [3.05, 3.63) is 23.9 Å². The third-order valence-electron chi connectivity index (χ3n) is 2.71. The molecule has 5 heteroatoms. The highest BCUT2D eigenvalue weighted by Gasteiger charge is 2.25. The topological polar surface area (TPSA) is 65.5 Å². The number of carbonyl (C=O) groups is 1. The number of nitrogens with zero attached hydrogens (tertiary/aromatic N) is 2. The molecule has 2 N–H and O–H groups in total. The second kappa shape index (κ2) is 4.49. The van der Waals surface area contributed by atoms with Crippen LogP contribution in [0, 0.1) is 0 Å². The fourth-order valence-electron chi connectivity index (χ4n) is 1.81. The smallest absolute Gasteiger partial charge is 0.254 e. The minimum atomic E-state index is -0.380. The third kappa shape index (κ3) is 2.14. The number of carbonyl (C=O) groups excluding carboxylic acids is 1. The molecule has 1 fully saturated rings. The van der Waals surface area contributed by atoms with E-state index >= 15 is 0 Å². The Hall–Kier alpha value is -1.62. The van der Waals surface area contributed by atoms with Gasteiger partial charge in [0.05, 0.1) is 6.10 Å². The summed E-state index contributed by atoms with van der Waals surface area (Å²) in [7, 11) is 1.76. The van der Waals surface area contributed by atoms with E-state index in [0.29, 0.717) is 30.9 Å². The first-order valence-electron chi connectivity index (χ1n) is 5.32. The van der Waals surface area contributed by atoms with E-state index in [1.165, 1.54) is 0 Å². The number of aliphatic hydroxyl groups is 1. The third-order valence-corrected chi connectivity index (χ3v) is 2.71. The average molecular weight is 221 g/mol. The highest BCUT2D eigenvalue weighted by molar-refractivity contribution is 5.95. The van der Waals surface area contributed by atoms with Gasteiger partial charge in [-0.15, -0.1) is 0 Å². The lowest BCUT2D eigenvalue weighted by Gasteiger charge is -2.15. The number of rotatable bonds is 2. The molecule has 1 aromatic heterocycles. The molecule has 0 aromatic carbocycles. The van der Waals surface area contributed by atoms with Gasteiger partial charge < -0.3 is 15.3 Å². The molecule has 5 nitrogen and oxygen atoms in total. The van der Waals surface area contributed by atoms with Crippen molar-refractivity contribution in [3.63, 3.8) is 0 Å². The molecule has 0 bridgehead atoms. The number of aliphatic hydroxyl groups excluding tert-OH is 1. The number of β-amino-alcohol motifs (C(OH)–C–C–N with tert-alkyl or cyclic N) is 1. The van der Waals surface area contributed by atoms with Crippen LogP contribution in [0.5, 0.6) is 0 Å². The molecule has 1 amide bonds. The van der Waals surface area contributed by atoms with Gasteiger partial charge in [-0.25, -0.2) is 4.98 Å². The van der Waals surface area contributed by atoms with Crippen LogP contribution in [-0.2, 0) is 0 Å². The summed E-state index contributed by atoms with van der Waals surface area (Å²) in [6, 6.07) is 3.40. The van der Waals surface area contributed by atoms with Gasteiger partial charge in [0.1, 0.15) is 5.82 Å². The summed E-state index contributed by atoms with van der Waals surface area (Å²) in [5, 5.41) is 12.3. The fraction of sp³-hybridized carbons (Fsp3) is 0.455. The van der Waals surface area contributed by atoms with Gasteiger partial charge in [-0.1, -0.05) is 0 Å². The number of aromatic nitrogens is 1. The maximum atomic E-state index is 12.0. The number of hydrogen-bond acceptors (Lipinski definition) is 4. The lowest BCUT2D eigenvalue weighted by atomic mass is 10.2. The van der Waals surface area contributed by atoms with E-state index in [1.807, 2.05) is 0 Å². The zero-order chi connectivity index (χ0) is 11.5. The first-order chi connectivity index (χ1) is 7.70. The fourth-order valence-corrected chi connectivity index (χ4v) is 1.81. The molecule has 86 valence electrons. The Bertz CT molecular complexity index is 395. The number of pyridine rings is 1. The van der Waals surface area contributed by atoms with Crippen molar-refractivity contribution in [3.8, 4) is 0 Å². The van der Waals surface area contributed by atoms with Gasteiger partial charge in [0, 0.05) is 31.9 Å². The monoisotopic (exact) mass is 221 g/mol. The van der Waals surface area contributed by atoms with Crippen molar-refractivity contribution in [2.45, 2.75) is 12.5 Å². The molecule has 0 aliphatic carbocycles. The molecule has 1 aliphatic heterocycles. The van der Waals surface area contributed by atoms with Crippen LogP contribution in [0.25, 0.3) is 0 Å². The van der Waals surface area contributed by atoms with Crippen LogP contribution in [0.4, 0.5) is 5.82 Å². The maximum Gasteiger partial charge on any atom is 0.254 e. The van der Waals surface area contributed by atoms with Crippen LogP contribution in [0.2, 0.25) is 0 Å². The van der Waals surface area contributed by atoms with Gasteiger partial charge in [0.2, 0.25) is 0 Å². The largest absolute Gasteiger partial charge is 0.391 e. The first-order valence-corrected chi connectivity index (χ1v) is 5.32. The van der Waals surface area contributed by atoms with Gasteiger partial charge in [-0.05, 0) is 18.6 Å². The van der Waals surface area contributed by atoms with Crippen LogP contribution >= 0.6 is 0 Å². The van der Waals surface area contributed by atoms with Gasteiger partial charge in [0.25, 0.3) is 5.91 Å². The normalized spacial score (nSPS) is 19.9. The lowest BCUT2D eigenvalue weighted by Crippen LogP contribution is -2.29. The van der Waals surface area contributed by atoms with Gasteiger partial charge in [0.15, 0.2) is 0 Å². The number of amides is 1. The van der Waals surface area contributed by atoms with Gasteiger partial charge >= 0.3 is 0 Å². The number of anilines is 1. The zero-order valence-electron chi connectivity index (χ0n) is 9.18. The van der Waals surface area contributed by atoms with Crippen molar-refractivity contribution in [2.24, 2.45) is 0 Å². The van der Waals surface area contributed by atoms with E-state index < -0.39 is 0 Å². The lowest BCUT2D eigenvalue weighted by molar-refractivity contribution is 0.0765. The molecule has 2 rings (SSSR count). The van der Waals surface area contributed by atoms with E-state index in [0.717, 1.165) is 0 Å². The first kappa shape index (κ1) is 10.9. The molecule has 1 unspecified atom stereocenters. The van der Waals surface area contributed by atoms with E-state index in [4.69, 9.17) is 0 Å². The van der Waals surface area contributed by atoms with Crippen LogP contribution in [0.3, 0.4) is 0 Å². The molecule has 2 heterocycles. The highest BCUT2D eigenvalue weighted by Crippen LogP contribution is 2.14. The van der Waals surface area contributed by atoms with Crippen molar-refractivity contribution in [2.75, 3.05) is 25.5 Å². The summed E-state index contributed by atoms with van der Waals surface area (Å²) in [6.07, 6.45) is 1.89. The number of likely N-dealkylation sites (tertiary alicyclic amines) is 1. The van der Waals surface area contributed by atoms with Crippen molar-refractivity contribution < 1.29 is 9.90 Å². The molecular formula is C11H15N3O2. The summed E-state index contributed by atoms with van der Waals surface area (Å²) in [4.78, 5) is 17.7. The zero-order valence-corrected chi connectivity index (χ0v) is 9.18. The average Bonchev–Trinajstić information content (AvgIpc) is 2.75. The summed E-state index contributed by atoms with van der Waals surface area (Å²) in [5.41, 5.74) is 0.605. The molecule has 1 saturated heterocycles. The molecule has 0 radical (unpaired) electrons. The summed E-state index contributed by atoms with van der Waals surface area (Å²) in [6.45, 7) is 1.05. The Balaban J connectivity index is 2.14. The molecule has 0 saturated carbocycles. The Morgan fingerprint density at radius 2 is 2.50 bits per heavy atom. The van der Waals surface area contributed by atoms with Gasteiger partial charge in [-0.2, -0.15) is 0 Å².